The van der Waals surface area contributed by atoms with Crippen molar-refractivity contribution in [3.63, 3.8) is 0 Å². The number of rotatable bonds is 4. The van der Waals surface area contributed by atoms with Crippen molar-refractivity contribution in [2.45, 2.75) is 19.9 Å². The Morgan fingerprint density at radius 2 is 2.32 bits per heavy atom. The van der Waals surface area contributed by atoms with Gasteiger partial charge in [0.2, 0.25) is 0 Å². The van der Waals surface area contributed by atoms with Gasteiger partial charge in [-0.1, -0.05) is 0 Å². The molecular weight excluding hydrogens is 248 g/mol. The molecule has 7 heteroatoms. The molecule has 1 atom stereocenters. The topological polar surface area (TPSA) is 87.5 Å². The number of carboxylic acids is 1. The summed E-state index contributed by atoms with van der Waals surface area (Å²) in [7, 11) is 0. The number of amides is 2. The van der Waals surface area contributed by atoms with Crippen molar-refractivity contribution < 1.29 is 14.7 Å². The minimum Gasteiger partial charge on any atom is -0.481 e. The van der Waals surface area contributed by atoms with E-state index in [0.29, 0.717) is 26.1 Å². The Morgan fingerprint density at radius 1 is 1.53 bits per heavy atom. The summed E-state index contributed by atoms with van der Waals surface area (Å²) in [5, 5.41) is 15.9. The molecule has 0 saturated carbocycles. The highest BCUT2D eigenvalue weighted by molar-refractivity contribution is 5.79. The normalized spacial score (nSPS) is 22.5. The molecule has 2 N–H and O–H groups in total. The molecule has 0 radical (unpaired) electrons. The van der Waals surface area contributed by atoms with Crippen LogP contribution in [0.4, 0.5) is 4.79 Å². The Balaban J connectivity index is 1.77. The van der Waals surface area contributed by atoms with Crippen LogP contribution >= 0.6 is 0 Å². The van der Waals surface area contributed by atoms with Crippen LogP contribution in [0, 0.1) is 5.41 Å². The zero-order valence-electron chi connectivity index (χ0n) is 10.9. The first-order valence-corrected chi connectivity index (χ1v) is 6.25. The van der Waals surface area contributed by atoms with E-state index in [1.165, 1.54) is 0 Å². The van der Waals surface area contributed by atoms with E-state index >= 15 is 0 Å². The maximum atomic E-state index is 11.9. The Kier molecular flexibility index (Phi) is 3.73. The van der Waals surface area contributed by atoms with E-state index in [2.05, 4.69) is 10.4 Å². The second-order valence-corrected chi connectivity index (χ2v) is 5.04. The fraction of sp³-hybridized carbons (Fsp3) is 0.583. The van der Waals surface area contributed by atoms with Gasteiger partial charge in [-0.15, -0.1) is 0 Å². The number of hydrogen-bond donors (Lipinski definition) is 2. The minimum atomic E-state index is -0.848. The van der Waals surface area contributed by atoms with E-state index in [1.54, 1.807) is 22.7 Å². The van der Waals surface area contributed by atoms with Crippen LogP contribution in [0.15, 0.2) is 18.5 Å². The average molecular weight is 266 g/mol. The smallest absolute Gasteiger partial charge is 0.317 e. The van der Waals surface area contributed by atoms with Crippen LogP contribution in [0.1, 0.15) is 13.3 Å². The fourth-order valence-corrected chi connectivity index (χ4v) is 2.13. The fourth-order valence-electron chi connectivity index (χ4n) is 2.13. The quantitative estimate of drug-likeness (QED) is 0.825. The predicted molar refractivity (Wildman–Crippen MR) is 67.6 cm³/mol. The lowest BCUT2D eigenvalue weighted by Gasteiger charge is -2.20. The minimum absolute atomic E-state index is 0.211. The second kappa shape index (κ2) is 5.29. The number of carbonyl (C=O) groups is 2. The van der Waals surface area contributed by atoms with Crippen LogP contribution in [0.2, 0.25) is 0 Å². The summed E-state index contributed by atoms with van der Waals surface area (Å²) >= 11 is 0. The summed E-state index contributed by atoms with van der Waals surface area (Å²) in [5.41, 5.74) is -0.820. The first-order valence-electron chi connectivity index (χ1n) is 6.25. The van der Waals surface area contributed by atoms with Crippen molar-refractivity contribution in [3.8, 4) is 0 Å². The van der Waals surface area contributed by atoms with Crippen molar-refractivity contribution in [1.82, 2.24) is 20.0 Å². The van der Waals surface area contributed by atoms with Crippen molar-refractivity contribution in [1.29, 1.82) is 0 Å². The Bertz CT molecular complexity index is 460. The molecule has 0 aliphatic carbocycles. The summed E-state index contributed by atoms with van der Waals surface area (Å²) in [6, 6.07) is 1.61. The molecule has 2 amide bonds. The van der Waals surface area contributed by atoms with Gasteiger partial charge in [-0.2, -0.15) is 5.10 Å². The summed E-state index contributed by atoms with van der Waals surface area (Å²) in [6.45, 7) is 3.49. The Labute approximate surface area is 111 Å². The molecule has 0 aromatic carbocycles. The molecule has 2 rings (SSSR count). The van der Waals surface area contributed by atoms with Gasteiger partial charge in [0, 0.05) is 32.0 Å². The maximum absolute atomic E-state index is 11.9. The number of nitrogens with one attached hydrogen (secondary N) is 1. The lowest BCUT2D eigenvalue weighted by Crippen LogP contribution is -2.41. The number of carbonyl (C=O) groups excluding carboxylic acids is 1. The van der Waals surface area contributed by atoms with Gasteiger partial charge in [0.25, 0.3) is 0 Å². The Morgan fingerprint density at radius 3 is 2.89 bits per heavy atom. The lowest BCUT2D eigenvalue weighted by atomic mass is 9.90. The summed E-state index contributed by atoms with van der Waals surface area (Å²) in [6.07, 6.45) is 4.00. The third-order valence-corrected chi connectivity index (χ3v) is 3.45. The molecule has 1 aromatic rings. The number of aromatic nitrogens is 2. The summed E-state index contributed by atoms with van der Waals surface area (Å²) < 4.78 is 1.73. The van der Waals surface area contributed by atoms with Crippen molar-refractivity contribution >= 4 is 12.0 Å². The van der Waals surface area contributed by atoms with E-state index in [9.17, 15) is 9.59 Å². The van der Waals surface area contributed by atoms with E-state index < -0.39 is 11.4 Å². The lowest BCUT2D eigenvalue weighted by molar-refractivity contribution is -0.146. The highest BCUT2D eigenvalue weighted by Gasteiger charge is 2.42. The van der Waals surface area contributed by atoms with Crippen molar-refractivity contribution in [2.75, 3.05) is 19.6 Å². The van der Waals surface area contributed by atoms with Gasteiger partial charge < -0.3 is 15.3 Å². The molecule has 1 unspecified atom stereocenters. The number of aliphatic carboxylic acids is 1. The zero-order valence-corrected chi connectivity index (χ0v) is 10.9. The molecule has 1 fully saturated rings. The molecule has 104 valence electrons. The van der Waals surface area contributed by atoms with Gasteiger partial charge in [-0.25, -0.2) is 4.79 Å². The third-order valence-electron chi connectivity index (χ3n) is 3.45. The van der Waals surface area contributed by atoms with E-state index in [4.69, 9.17) is 5.11 Å². The van der Waals surface area contributed by atoms with Crippen molar-refractivity contribution in [2.24, 2.45) is 5.41 Å². The molecule has 0 spiro atoms. The van der Waals surface area contributed by atoms with Crippen LogP contribution in [0.3, 0.4) is 0 Å². The van der Waals surface area contributed by atoms with Gasteiger partial charge in [-0.05, 0) is 19.4 Å². The molecule has 2 heterocycles. The van der Waals surface area contributed by atoms with Crippen LogP contribution < -0.4 is 5.32 Å². The molecule has 1 aromatic heterocycles. The SMILES string of the molecule is CC1(C(=O)O)CCN(C(=O)NCCn2cccn2)C1. The molecule has 1 aliphatic heterocycles. The van der Waals surface area contributed by atoms with E-state index in [1.807, 2.05) is 12.3 Å². The molecule has 1 saturated heterocycles. The first kappa shape index (κ1) is 13.4. The number of urea groups is 1. The van der Waals surface area contributed by atoms with Crippen LogP contribution in [0.5, 0.6) is 0 Å². The Hall–Kier alpha value is -2.05. The first-order chi connectivity index (χ1) is 9.01. The molecular formula is C12H18N4O3. The second-order valence-electron chi connectivity index (χ2n) is 5.04. The number of likely N-dealkylation sites (tertiary alicyclic amines) is 1. The number of carboxylic acid groups (broad SMARTS) is 1. The maximum Gasteiger partial charge on any atom is 0.317 e. The van der Waals surface area contributed by atoms with Gasteiger partial charge in [0.05, 0.1) is 12.0 Å². The monoisotopic (exact) mass is 266 g/mol. The van der Waals surface area contributed by atoms with Gasteiger partial charge in [0.1, 0.15) is 0 Å². The number of hydrogen-bond acceptors (Lipinski definition) is 3. The standard InChI is InChI=1S/C12H18N4O3/c1-12(10(17)18)3-7-15(9-12)11(19)13-5-8-16-6-2-4-14-16/h2,4,6H,3,5,7-9H2,1H3,(H,13,19)(H,17,18). The molecule has 7 nitrogen and oxygen atoms in total. The largest absolute Gasteiger partial charge is 0.481 e. The average Bonchev–Trinajstić information content (AvgIpc) is 2.99. The summed E-state index contributed by atoms with van der Waals surface area (Å²) in [4.78, 5) is 24.5. The molecule has 0 bridgehead atoms. The van der Waals surface area contributed by atoms with E-state index in [0.717, 1.165) is 0 Å². The predicted octanol–water partition coefficient (Wildman–Crippen LogP) is 0.389. The third kappa shape index (κ3) is 3.04. The van der Waals surface area contributed by atoms with Crippen LogP contribution in [-0.2, 0) is 11.3 Å². The highest BCUT2D eigenvalue weighted by Crippen LogP contribution is 2.29. The van der Waals surface area contributed by atoms with Gasteiger partial charge in [-0.3, -0.25) is 9.48 Å². The highest BCUT2D eigenvalue weighted by atomic mass is 16.4. The van der Waals surface area contributed by atoms with E-state index in [-0.39, 0.29) is 12.6 Å². The number of nitrogens with zero attached hydrogens (tertiary/aromatic N) is 3. The van der Waals surface area contributed by atoms with Crippen LogP contribution in [0.25, 0.3) is 0 Å². The van der Waals surface area contributed by atoms with Gasteiger partial charge in [0.15, 0.2) is 0 Å². The summed E-state index contributed by atoms with van der Waals surface area (Å²) in [5.74, 6) is -0.848. The van der Waals surface area contributed by atoms with Crippen LogP contribution in [-0.4, -0.2) is 51.4 Å². The molecule has 1 aliphatic rings. The molecule has 19 heavy (non-hydrogen) atoms. The zero-order chi connectivity index (χ0) is 13.9. The van der Waals surface area contributed by atoms with Crippen molar-refractivity contribution in [3.05, 3.63) is 18.5 Å². The van der Waals surface area contributed by atoms with Gasteiger partial charge >= 0.3 is 12.0 Å².